The van der Waals surface area contributed by atoms with Gasteiger partial charge in [-0.3, -0.25) is 0 Å². The Balaban J connectivity index is 2.61. The van der Waals surface area contributed by atoms with Gasteiger partial charge in [-0.05, 0) is 55.2 Å². The summed E-state index contributed by atoms with van der Waals surface area (Å²) in [6.07, 6.45) is 4.00. The molecule has 0 aliphatic carbocycles. The first-order valence-corrected chi connectivity index (χ1v) is 7.64. The quantitative estimate of drug-likeness (QED) is 0.507. The molecule has 0 aliphatic rings. The summed E-state index contributed by atoms with van der Waals surface area (Å²) >= 11 is 0. The standard InChI is InChI=1S/C22H21N/c1-5-16(2)14-22(21-12-8-19(15-23)9-13-21)18(4)20-10-6-17(3)7-11-20/h5-14H,1H2,2-4H3/b16-14+,22-18-. The van der Waals surface area contributed by atoms with Crippen molar-refractivity contribution in [3.8, 4) is 6.07 Å². The van der Waals surface area contributed by atoms with Gasteiger partial charge < -0.3 is 0 Å². The van der Waals surface area contributed by atoms with Crippen molar-refractivity contribution in [2.45, 2.75) is 20.8 Å². The van der Waals surface area contributed by atoms with Crippen molar-refractivity contribution in [3.63, 3.8) is 0 Å². The molecule has 114 valence electrons. The minimum atomic E-state index is 0.672. The van der Waals surface area contributed by atoms with Gasteiger partial charge in [-0.2, -0.15) is 5.26 Å². The van der Waals surface area contributed by atoms with E-state index in [4.69, 9.17) is 5.26 Å². The molecule has 2 aromatic rings. The van der Waals surface area contributed by atoms with E-state index in [0.29, 0.717) is 5.56 Å². The first-order valence-electron chi connectivity index (χ1n) is 7.64. The van der Waals surface area contributed by atoms with Crippen molar-refractivity contribution in [3.05, 3.63) is 95.1 Å². The number of hydrogen-bond acceptors (Lipinski definition) is 1. The molecule has 0 fully saturated rings. The molecule has 0 amide bonds. The fourth-order valence-corrected chi connectivity index (χ4v) is 2.38. The Morgan fingerprint density at radius 1 is 0.957 bits per heavy atom. The second kappa shape index (κ2) is 7.42. The van der Waals surface area contributed by atoms with Crippen LogP contribution in [0.3, 0.4) is 0 Å². The highest BCUT2D eigenvalue weighted by molar-refractivity contribution is 5.95. The molecule has 2 aromatic carbocycles. The lowest BCUT2D eigenvalue weighted by molar-refractivity contribution is 1.44. The molecule has 1 nitrogen and oxygen atoms in total. The molecule has 0 saturated carbocycles. The van der Waals surface area contributed by atoms with E-state index in [1.165, 1.54) is 16.7 Å². The fourth-order valence-electron chi connectivity index (χ4n) is 2.38. The SMILES string of the molecule is C=C/C(C)=C/C(=C(\C)c1ccc(C)cc1)c1ccc(C#N)cc1. The van der Waals surface area contributed by atoms with E-state index in [1.54, 1.807) is 0 Å². The molecule has 0 aliphatic heterocycles. The van der Waals surface area contributed by atoms with Gasteiger partial charge in [0.25, 0.3) is 0 Å². The zero-order valence-electron chi connectivity index (χ0n) is 13.9. The second-order valence-electron chi connectivity index (χ2n) is 5.69. The Hall–Kier alpha value is -2.85. The lowest BCUT2D eigenvalue weighted by atomic mass is 9.93. The summed E-state index contributed by atoms with van der Waals surface area (Å²) < 4.78 is 0. The molecule has 0 bridgehead atoms. The number of aryl methyl sites for hydroxylation is 1. The molecule has 0 radical (unpaired) electrons. The van der Waals surface area contributed by atoms with Crippen LogP contribution in [0.25, 0.3) is 11.1 Å². The third-order valence-corrected chi connectivity index (χ3v) is 3.91. The van der Waals surface area contributed by atoms with Gasteiger partial charge in [0.05, 0.1) is 11.6 Å². The van der Waals surface area contributed by atoms with Crippen LogP contribution >= 0.6 is 0 Å². The first-order chi connectivity index (χ1) is 11.0. The van der Waals surface area contributed by atoms with Gasteiger partial charge in [0, 0.05) is 0 Å². The number of hydrogen-bond donors (Lipinski definition) is 0. The predicted molar refractivity (Wildman–Crippen MR) is 98.8 cm³/mol. The van der Waals surface area contributed by atoms with Gasteiger partial charge in [0.1, 0.15) is 0 Å². The van der Waals surface area contributed by atoms with E-state index in [2.05, 4.69) is 56.8 Å². The number of nitrogens with zero attached hydrogens (tertiary/aromatic N) is 1. The summed E-state index contributed by atoms with van der Waals surface area (Å²) in [5, 5.41) is 8.98. The number of allylic oxidation sites excluding steroid dienone is 5. The highest BCUT2D eigenvalue weighted by Gasteiger charge is 2.06. The Morgan fingerprint density at radius 2 is 1.52 bits per heavy atom. The summed E-state index contributed by atoms with van der Waals surface area (Å²) in [4.78, 5) is 0. The molecule has 0 spiro atoms. The van der Waals surface area contributed by atoms with Crippen LogP contribution in [0, 0.1) is 18.3 Å². The largest absolute Gasteiger partial charge is 0.192 e. The van der Waals surface area contributed by atoms with E-state index in [9.17, 15) is 0 Å². The molecular weight excluding hydrogens is 278 g/mol. The molecule has 2 rings (SSSR count). The van der Waals surface area contributed by atoms with Crippen LogP contribution in [0.5, 0.6) is 0 Å². The van der Waals surface area contributed by atoms with Crippen LogP contribution < -0.4 is 0 Å². The minimum Gasteiger partial charge on any atom is -0.192 e. The predicted octanol–water partition coefficient (Wildman–Crippen LogP) is 5.93. The molecule has 1 heteroatoms. The van der Waals surface area contributed by atoms with Crippen molar-refractivity contribution < 1.29 is 0 Å². The molecule has 0 heterocycles. The van der Waals surface area contributed by atoms with Crippen LogP contribution in [-0.4, -0.2) is 0 Å². The van der Waals surface area contributed by atoms with Crippen LogP contribution in [0.15, 0.2) is 72.8 Å². The van der Waals surface area contributed by atoms with Crippen molar-refractivity contribution >= 4 is 11.1 Å². The minimum absolute atomic E-state index is 0.672. The molecular formula is C22H21N. The van der Waals surface area contributed by atoms with Crippen LogP contribution in [0.4, 0.5) is 0 Å². The normalized spacial score (nSPS) is 12.3. The summed E-state index contributed by atoms with van der Waals surface area (Å²) in [5.74, 6) is 0. The maximum atomic E-state index is 8.98. The van der Waals surface area contributed by atoms with Crippen LogP contribution in [0.1, 0.15) is 36.1 Å². The van der Waals surface area contributed by atoms with E-state index >= 15 is 0 Å². The smallest absolute Gasteiger partial charge is 0.0991 e. The fraction of sp³-hybridized carbons (Fsp3) is 0.136. The van der Waals surface area contributed by atoms with E-state index in [1.807, 2.05) is 37.3 Å². The van der Waals surface area contributed by atoms with Crippen molar-refractivity contribution in [1.82, 2.24) is 0 Å². The topological polar surface area (TPSA) is 23.8 Å². The lowest BCUT2D eigenvalue weighted by Gasteiger charge is -2.11. The molecule has 0 N–H and O–H groups in total. The highest BCUT2D eigenvalue weighted by atomic mass is 14.2. The Kier molecular flexibility index (Phi) is 5.33. The van der Waals surface area contributed by atoms with Crippen molar-refractivity contribution in [1.29, 1.82) is 5.26 Å². The molecule has 23 heavy (non-hydrogen) atoms. The van der Waals surface area contributed by atoms with E-state index in [-0.39, 0.29) is 0 Å². The van der Waals surface area contributed by atoms with E-state index < -0.39 is 0 Å². The van der Waals surface area contributed by atoms with Crippen LogP contribution in [0.2, 0.25) is 0 Å². The van der Waals surface area contributed by atoms with Gasteiger partial charge in [0.2, 0.25) is 0 Å². The molecule has 0 unspecified atom stereocenters. The number of nitriles is 1. The molecule has 0 saturated heterocycles. The third-order valence-electron chi connectivity index (χ3n) is 3.91. The Labute approximate surface area is 138 Å². The van der Waals surface area contributed by atoms with Gasteiger partial charge in [-0.1, -0.05) is 66.3 Å². The van der Waals surface area contributed by atoms with Gasteiger partial charge in [-0.25, -0.2) is 0 Å². The van der Waals surface area contributed by atoms with Gasteiger partial charge in [-0.15, -0.1) is 0 Å². The summed E-state index contributed by atoms with van der Waals surface area (Å²) in [7, 11) is 0. The summed E-state index contributed by atoms with van der Waals surface area (Å²) in [6.45, 7) is 10.1. The summed E-state index contributed by atoms with van der Waals surface area (Å²) in [6, 6.07) is 18.4. The average molecular weight is 299 g/mol. The second-order valence-corrected chi connectivity index (χ2v) is 5.69. The highest BCUT2D eigenvalue weighted by Crippen LogP contribution is 2.28. The summed E-state index contributed by atoms with van der Waals surface area (Å²) in [5.41, 5.74) is 7.68. The molecule has 0 atom stereocenters. The zero-order chi connectivity index (χ0) is 16.8. The van der Waals surface area contributed by atoms with Gasteiger partial charge in [0.15, 0.2) is 0 Å². The number of rotatable bonds is 4. The van der Waals surface area contributed by atoms with Crippen molar-refractivity contribution in [2.24, 2.45) is 0 Å². The maximum absolute atomic E-state index is 8.98. The third kappa shape index (κ3) is 4.08. The monoisotopic (exact) mass is 299 g/mol. The average Bonchev–Trinajstić information content (AvgIpc) is 2.59. The van der Waals surface area contributed by atoms with Crippen LogP contribution in [-0.2, 0) is 0 Å². The Bertz CT molecular complexity index is 795. The zero-order valence-corrected chi connectivity index (χ0v) is 13.9. The first kappa shape index (κ1) is 16.5. The Morgan fingerprint density at radius 3 is 2.04 bits per heavy atom. The van der Waals surface area contributed by atoms with Gasteiger partial charge >= 0.3 is 0 Å². The van der Waals surface area contributed by atoms with Crippen molar-refractivity contribution in [2.75, 3.05) is 0 Å². The number of benzene rings is 2. The van der Waals surface area contributed by atoms with E-state index in [0.717, 1.165) is 16.7 Å². The lowest BCUT2D eigenvalue weighted by Crippen LogP contribution is -1.90. The maximum Gasteiger partial charge on any atom is 0.0991 e. The molecule has 0 aromatic heterocycles.